The monoisotopic (exact) mass is 289 g/mol. The van der Waals surface area contributed by atoms with Gasteiger partial charge in [-0.3, -0.25) is 4.79 Å². The molecule has 0 aromatic carbocycles. The first-order chi connectivity index (χ1) is 9.95. The summed E-state index contributed by atoms with van der Waals surface area (Å²) >= 11 is 0. The van der Waals surface area contributed by atoms with Crippen LogP contribution in [0.25, 0.3) is 0 Å². The van der Waals surface area contributed by atoms with Crippen molar-refractivity contribution in [3.63, 3.8) is 0 Å². The number of carbonyl (C=O) groups excluding carboxylic acids is 2. The SMILES string of the molecule is CCC=CCCC(=O)O/N=C1\C=C(C(C)C)C(=O)C=C1C. The van der Waals surface area contributed by atoms with Gasteiger partial charge in [-0.05, 0) is 43.4 Å². The van der Waals surface area contributed by atoms with E-state index < -0.39 is 0 Å². The normalized spacial score (nSPS) is 17.4. The molecule has 0 aliphatic heterocycles. The Labute approximate surface area is 126 Å². The summed E-state index contributed by atoms with van der Waals surface area (Å²) in [4.78, 5) is 28.3. The fourth-order valence-corrected chi connectivity index (χ4v) is 1.87. The summed E-state index contributed by atoms with van der Waals surface area (Å²) < 4.78 is 0. The largest absolute Gasteiger partial charge is 0.335 e. The van der Waals surface area contributed by atoms with Gasteiger partial charge in [0.15, 0.2) is 5.78 Å². The minimum Gasteiger partial charge on any atom is -0.318 e. The molecule has 4 nitrogen and oxygen atoms in total. The maximum absolute atomic E-state index is 11.8. The van der Waals surface area contributed by atoms with Gasteiger partial charge in [-0.2, -0.15) is 0 Å². The topological polar surface area (TPSA) is 55.7 Å². The summed E-state index contributed by atoms with van der Waals surface area (Å²) in [5, 5.41) is 3.88. The second kappa shape index (κ2) is 8.35. The van der Waals surface area contributed by atoms with Crippen molar-refractivity contribution in [2.45, 2.75) is 47.0 Å². The van der Waals surface area contributed by atoms with Gasteiger partial charge in [0.2, 0.25) is 0 Å². The van der Waals surface area contributed by atoms with E-state index in [0.717, 1.165) is 6.42 Å². The van der Waals surface area contributed by atoms with Crippen molar-refractivity contribution in [3.05, 3.63) is 35.5 Å². The van der Waals surface area contributed by atoms with E-state index in [9.17, 15) is 9.59 Å². The minimum absolute atomic E-state index is 0.00233. The van der Waals surface area contributed by atoms with Gasteiger partial charge in [-0.25, -0.2) is 4.79 Å². The van der Waals surface area contributed by atoms with E-state index in [2.05, 4.69) is 5.16 Å². The molecule has 0 aromatic rings. The molecule has 0 spiro atoms. The van der Waals surface area contributed by atoms with Crippen LogP contribution in [-0.2, 0) is 14.4 Å². The van der Waals surface area contributed by atoms with E-state index >= 15 is 0 Å². The van der Waals surface area contributed by atoms with E-state index in [-0.39, 0.29) is 17.7 Å². The smallest absolute Gasteiger partial charge is 0.318 e. The first-order valence-corrected chi connectivity index (χ1v) is 7.33. The Morgan fingerprint density at radius 3 is 2.67 bits per heavy atom. The molecule has 0 saturated carbocycles. The van der Waals surface area contributed by atoms with Crippen LogP contribution in [0.4, 0.5) is 0 Å². The zero-order chi connectivity index (χ0) is 15.8. The molecule has 114 valence electrons. The van der Waals surface area contributed by atoms with Crippen LogP contribution in [0.1, 0.15) is 47.0 Å². The zero-order valence-corrected chi connectivity index (χ0v) is 13.2. The molecule has 0 amide bonds. The molecule has 0 atom stereocenters. The molecule has 0 radical (unpaired) electrons. The van der Waals surface area contributed by atoms with Crippen LogP contribution in [0.3, 0.4) is 0 Å². The molecule has 1 aliphatic carbocycles. The number of allylic oxidation sites excluding steroid dienone is 6. The second-order valence-electron chi connectivity index (χ2n) is 5.30. The van der Waals surface area contributed by atoms with Crippen molar-refractivity contribution in [2.24, 2.45) is 11.1 Å². The first kappa shape index (κ1) is 17.1. The highest BCUT2D eigenvalue weighted by atomic mass is 16.7. The van der Waals surface area contributed by atoms with E-state index in [0.29, 0.717) is 29.7 Å². The summed E-state index contributed by atoms with van der Waals surface area (Å²) in [5.41, 5.74) is 1.93. The highest BCUT2D eigenvalue weighted by Crippen LogP contribution is 2.19. The van der Waals surface area contributed by atoms with Crippen LogP contribution in [0.2, 0.25) is 0 Å². The van der Waals surface area contributed by atoms with Gasteiger partial charge in [0.1, 0.15) is 5.71 Å². The Hall–Kier alpha value is -1.97. The van der Waals surface area contributed by atoms with Gasteiger partial charge in [0.25, 0.3) is 0 Å². The molecule has 0 fully saturated rings. The summed E-state index contributed by atoms with van der Waals surface area (Å²) in [6.07, 6.45) is 9.11. The van der Waals surface area contributed by atoms with E-state index in [1.807, 2.05) is 32.9 Å². The first-order valence-electron chi connectivity index (χ1n) is 7.33. The Balaban J connectivity index is 2.66. The Kier molecular flexibility index (Phi) is 6.79. The van der Waals surface area contributed by atoms with Gasteiger partial charge < -0.3 is 4.84 Å². The predicted octanol–water partition coefficient (Wildman–Crippen LogP) is 3.74. The number of hydrogen-bond donors (Lipinski definition) is 0. The van der Waals surface area contributed by atoms with Crippen LogP contribution in [0, 0.1) is 5.92 Å². The minimum atomic E-state index is -0.368. The number of nitrogens with zero attached hydrogens (tertiary/aromatic N) is 1. The number of rotatable bonds is 6. The molecule has 0 bridgehead atoms. The molecular weight excluding hydrogens is 266 g/mol. The lowest BCUT2D eigenvalue weighted by molar-refractivity contribution is -0.143. The van der Waals surface area contributed by atoms with Gasteiger partial charge in [0.05, 0.1) is 6.42 Å². The zero-order valence-electron chi connectivity index (χ0n) is 13.2. The Morgan fingerprint density at radius 2 is 2.05 bits per heavy atom. The lowest BCUT2D eigenvalue weighted by Crippen LogP contribution is -2.16. The van der Waals surface area contributed by atoms with Gasteiger partial charge in [-0.15, -0.1) is 0 Å². The van der Waals surface area contributed by atoms with Crippen molar-refractivity contribution in [3.8, 4) is 0 Å². The Bertz CT molecular complexity index is 522. The van der Waals surface area contributed by atoms with Crippen molar-refractivity contribution >= 4 is 17.5 Å². The van der Waals surface area contributed by atoms with Crippen molar-refractivity contribution in [1.29, 1.82) is 0 Å². The van der Waals surface area contributed by atoms with Crippen LogP contribution in [0.5, 0.6) is 0 Å². The van der Waals surface area contributed by atoms with Gasteiger partial charge in [-0.1, -0.05) is 38.1 Å². The van der Waals surface area contributed by atoms with Crippen LogP contribution in [0.15, 0.2) is 40.6 Å². The summed E-state index contributed by atoms with van der Waals surface area (Å²) in [5.74, 6) is -0.258. The number of carbonyl (C=O) groups is 2. The average Bonchev–Trinajstić information content (AvgIpc) is 2.42. The highest BCUT2D eigenvalue weighted by Gasteiger charge is 2.19. The van der Waals surface area contributed by atoms with Crippen molar-refractivity contribution in [1.82, 2.24) is 0 Å². The van der Waals surface area contributed by atoms with Gasteiger partial charge in [0, 0.05) is 5.57 Å². The number of hydrogen-bond acceptors (Lipinski definition) is 4. The van der Waals surface area contributed by atoms with E-state index in [1.165, 1.54) is 6.08 Å². The maximum Gasteiger partial charge on any atom is 0.335 e. The predicted molar refractivity (Wildman–Crippen MR) is 83.9 cm³/mol. The average molecular weight is 289 g/mol. The van der Waals surface area contributed by atoms with Crippen molar-refractivity contribution < 1.29 is 14.4 Å². The summed E-state index contributed by atoms with van der Waals surface area (Å²) in [6.45, 7) is 7.71. The summed E-state index contributed by atoms with van der Waals surface area (Å²) in [6, 6.07) is 0. The quantitative estimate of drug-likeness (QED) is 0.324. The molecule has 4 heteroatoms. The maximum atomic E-state index is 11.8. The molecule has 1 aliphatic rings. The molecule has 0 unspecified atom stereocenters. The molecule has 0 heterocycles. The van der Waals surface area contributed by atoms with Crippen LogP contribution < -0.4 is 0 Å². The third-order valence-corrected chi connectivity index (χ3v) is 3.11. The van der Waals surface area contributed by atoms with Crippen LogP contribution >= 0.6 is 0 Å². The standard InChI is InChI=1S/C17H23NO3/c1-5-6-7-8-9-17(20)21-18-15-11-14(12(2)3)16(19)10-13(15)4/h6-7,10-12H,5,8-9H2,1-4H3/b7-6?,18-15+. The lowest BCUT2D eigenvalue weighted by Gasteiger charge is -2.14. The molecular formula is C17H23NO3. The fourth-order valence-electron chi connectivity index (χ4n) is 1.87. The highest BCUT2D eigenvalue weighted by molar-refractivity contribution is 6.21. The van der Waals surface area contributed by atoms with Gasteiger partial charge >= 0.3 is 5.97 Å². The van der Waals surface area contributed by atoms with E-state index in [1.54, 1.807) is 13.0 Å². The van der Waals surface area contributed by atoms with E-state index in [4.69, 9.17) is 4.84 Å². The number of oxime groups is 1. The molecule has 21 heavy (non-hydrogen) atoms. The molecule has 0 N–H and O–H groups in total. The third kappa shape index (κ3) is 5.50. The molecule has 1 rings (SSSR count). The second-order valence-corrected chi connectivity index (χ2v) is 5.30. The van der Waals surface area contributed by atoms with Crippen molar-refractivity contribution in [2.75, 3.05) is 0 Å². The lowest BCUT2D eigenvalue weighted by atomic mass is 9.90. The third-order valence-electron chi connectivity index (χ3n) is 3.11. The Morgan fingerprint density at radius 1 is 1.33 bits per heavy atom. The fraction of sp³-hybridized carbons (Fsp3) is 0.471. The molecule has 0 saturated heterocycles. The van der Waals surface area contributed by atoms with Crippen LogP contribution in [-0.4, -0.2) is 17.5 Å². The molecule has 0 aromatic heterocycles. The summed E-state index contributed by atoms with van der Waals surface area (Å²) in [7, 11) is 0. The number of ketones is 1.